The molecule has 1 saturated carbocycles. The maximum atomic E-state index is 12.8. The number of aryl methyl sites for hydroxylation is 2. The fraction of sp³-hybridized carbons (Fsp3) is 0.588. The molecule has 2 aliphatic rings. The van der Waals surface area contributed by atoms with Crippen LogP contribution in [0.25, 0.3) is 10.2 Å². The van der Waals surface area contributed by atoms with Crippen LogP contribution in [0.15, 0.2) is 4.79 Å². The predicted octanol–water partition coefficient (Wildman–Crippen LogP) is 1.81. The van der Waals surface area contributed by atoms with Crippen molar-refractivity contribution in [3.05, 3.63) is 26.6 Å². The Bertz CT molecular complexity index is 867. The van der Waals surface area contributed by atoms with E-state index in [4.69, 9.17) is 0 Å². The minimum Gasteiger partial charge on any atom is -0.347 e. The molecule has 6 nitrogen and oxygen atoms in total. The summed E-state index contributed by atoms with van der Waals surface area (Å²) >= 11 is 1.31. The molecule has 2 fully saturated rings. The van der Waals surface area contributed by atoms with Crippen molar-refractivity contribution < 1.29 is 4.79 Å². The second-order valence-electron chi connectivity index (χ2n) is 7.13. The molecule has 2 atom stereocenters. The number of aromatic nitrogens is 2. The maximum absolute atomic E-state index is 12.8. The number of nitrogens with one attached hydrogen (secondary N) is 2. The van der Waals surface area contributed by atoms with E-state index in [1.54, 1.807) is 6.92 Å². The SMILES string of the molecule is Cc1nc2sc(C(=O)NC3CN(C4CC4)CC3C)c(C)c2c(=O)[nH]1. The van der Waals surface area contributed by atoms with Gasteiger partial charge in [-0.15, -0.1) is 11.3 Å². The van der Waals surface area contributed by atoms with Crippen LogP contribution in [0.5, 0.6) is 0 Å². The lowest BCUT2D eigenvalue weighted by atomic mass is 10.1. The number of thiophene rings is 1. The summed E-state index contributed by atoms with van der Waals surface area (Å²) in [6.07, 6.45) is 2.58. The molecule has 3 heterocycles. The van der Waals surface area contributed by atoms with Crippen molar-refractivity contribution in [2.75, 3.05) is 13.1 Å². The van der Waals surface area contributed by atoms with E-state index >= 15 is 0 Å². The fourth-order valence-corrected chi connectivity index (χ4v) is 4.76. The first-order chi connectivity index (χ1) is 11.4. The molecule has 2 aromatic heterocycles. The molecule has 4 rings (SSSR count). The van der Waals surface area contributed by atoms with Crippen molar-refractivity contribution >= 4 is 27.5 Å². The number of H-pyrrole nitrogens is 1. The molecule has 0 radical (unpaired) electrons. The summed E-state index contributed by atoms with van der Waals surface area (Å²) in [7, 11) is 0. The molecule has 2 N–H and O–H groups in total. The Morgan fingerprint density at radius 1 is 1.33 bits per heavy atom. The summed E-state index contributed by atoms with van der Waals surface area (Å²) in [5, 5.41) is 3.72. The highest BCUT2D eigenvalue weighted by Gasteiger charge is 2.39. The van der Waals surface area contributed by atoms with Gasteiger partial charge >= 0.3 is 0 Å². The zero-order valence-electron chi connectivity index (χ0n) is 14.2. The number of hydrogen-bond donors (Lipinski definition) is 2. The topological polar surface area (TPSA) is 78.1 Å². The van der Waals surface area contributed by atoms with E-state index in [9.17, 15) is 9.59 Å². The van der Waals surface area contributed by atoms with Crippen molar-refractivity contribution in [3.63, 3.8) is 0 Å². The summed E-state index contributed by atoms with van der Waals surface area (Å²) in [4.78, 5) is 35.7. The molecular formula is C17H22N4O2S. The lowest BCUT2D eigenvalue weighted by Gasteiger charge is -2.16. The number of carbonyl (C=O) groups is 1. The van der Waals surface area contributed by atoms with E-state index in [0.29, 0.717) is 26.8 Å². The second kappa shape index (κ2) is 5.67. The molecule has 1 aliphatic carbocycles. The summed E-state index contributed by atoms with van der Waals surface area (Å²) < 4.78 is 0. The molecule has 0 spiro atoms. The Morgan fingerprint density at radius 2 is 2.08 bits per heavy atom. The van der Waals surface area contributed by atoms with Gasteiger partial charge in [0.2, 0.25) is 0 Å². The van der Waals surface area contributed by atoms with Crippen LogP contribution >= 0.6 is 11.3 Å². The molecule has 0 bridgehead atoms. The number of aromatic amines is 1. The van der Waals surface area contributed by atoms with Gasteiger partial charge in [-0.05, 0) is 38.2 Å². The highest BCUT2D eigenvalue weighted by atomic mass is 32.1. The van der Waals surface area contributed by atoms with Crippen molar-refractivity contribution in [2.24, 2.45) is 5.92 Å². The lowest BCUT2D eigenvalue weighted by molar-refractivity contribution is 0.0935. The highest BCUT2D eigenvalue weighted by molar-refractivity contribution is 7.20. The zero-order valence-corrected chi connectivity index (χ0v) is 15.0. The lowest BCUT2D eigenvalue weighted by Crippen LogP contribution is -2.40. The van der Waals surface area contributed by atoms with Gasteiger partial charge in [-0.3, -0.25) is 14.5 Å². The Kier molecular flexibility index (Phi) is 3.73. The van der Waals surface area contributed by atoms with Crippen LogP contribution < -0.4 is 10.9 Å². The third kappa shape index (κ3) is 2.65. The number of hydrogen-bond acceptors (Lipinski definition) is 5. The molecule has 2 unspecified atom stereocenters. The number of carbonyl (C=O) groups excluding carboxylic acids is 1. The third-order valence-electron chi connectivity index (χ3n) is 5.15. The molecule has 1 amide bonds. The van der Waals surface area contributed by atoms with E-state index in [1.807, 2.05) is 6.92 Å². The average molecular weight is 346 g/mol. The molecule has 128 valence electrons. The van der Waals surface area contributed by atoms with Gasteiger partial charge in [-0.2, -0.15) is 0 Å². The van der Waals surface area contributed by atoms with Crippen LogP contribution in [0.1, 0.15) is 40.8 Å². The Hall–Kier alpha value is -1.73. The minimum atomic E-state index is -0.167. The number of fused-ring (bicyclic) bond motifs is 1. The summed E-state index contributed by atoms with van der Waals surface area (Å²) in [6.45, 7) is 7.76. The predicted molar refractivity (Wildman–Crippen MR) is 94.7 cm³/mol. The Morgan fingerprint density at radius 3 is 2.79 bits per heavy atom. The Labute approximate surface area is 144 Å². The number of rotatable bonds is 3. The Balaban J connectivity index is 1.58. The number of nitrogens with zero attached hydrogens (tertiary/aromatic N) is 2. The van der Waals surface area contributed by atoms with Gasteiger partial charge in [-0.25, -0.2) is 4.98 Å². The van der Waals surface area contributed by atoms with Gasteiger partial charge in [0.1, 0.15) is 10.7 Å². The van der Waals surface area contributed by atoms with Crippen LogP contribution in [-0.4, -0.2) is 45.9 Å². The quantitative estimate of drug-likeness (QED) is 0.888. The molecule has 24 heavy (non-hydrogen) atoms. The standard InChI is InChI=1S/C17H22N4O2S/c1-8-6-21(11-4-5-11)7-12(8)20-16(23)14-9(2)13-15(22)18-10(3)19-17(13)24-14/h8,11-12H,4-7H2,1-3H3,(H,20,23)(H,18,19,22). The first-order valence-corrected chi connectivity index (χ1v) is 9.30. The maximum Gasteiger partial charge on any atom is 0.261 e. The van der Waals surface area contributed by atoms with Crippen LogP contribution in [0, 0.1) is 19.8 Å². The van der Waals surface area contributed by atoms with Gasteiger partial charge < -0.3 is 10.3 Å². The monoisotopic (exact) mass is 346 g/mol. The van der Waals surface area contributed by atoms with Gasteiger partial charge in [0, 0.05) is 25.2 Å². The van der Waals surface area contributed by atoms with E-state index in [-0.39, 0.29) is 17.5 Å². The van der Waals surface area contributed by atoms with E-state index in [1.165, 1.54) is 24.2 Å². The van der Waals surface area contributed by atoms with Crippen molar-refractivity contribution in [2.45, 2.75) is 45.7 Å². The fourth-order valence-electron chi connectivity index (χ4n) is 3.63. The van der Waals surface area contributed by atoms with Gasteiger partial charge in [0.05, 0.1) is 10.3 Å². The number of amides is 1. The zero-order chi connectivity index (χ0) is 17.0. The van der Waals surface area contributed by atoms with Crippen molar-refractivity contribution in [1.82, 2.24) is 20.2 Å². The summed E-state index contributed by atoms with van der Waals surface area (Å²) in [5.74, 6) is 0.945. The van der Waals surface area contributed by atoms with Gasteiger partial charge in [0.15, 0.2) is 0 Å². The third-order valence-corrected chi connectivity index (χ3v) is 6.33. The summed E-state index contributed by atoms with van der Waals surface area (Å²) in [5.41, 5.74) is 0.561. The normalized spacial score (nSPS) is 24.6. The molecular weight excluding hydrogens is 324 g/mol. The largest absolute Gasteiger partial charge is 0.347 e. The number of likely N-dealkylation sites (tertiary alicyclic amines) is 1. The van der Waals surface area contributed by atoms with Crippen LogP contribution in [0.3, 0.4) is 0 Å². The van der Waals surface area contributed by atoms with Crippen LogP contribution in [-0.2, 0) is 0 Å². The summed E-state index contributed by atoms with van der Waals surface area (Å²) in [6, 6.07) is 0.904. The van der Waals surface area contributed by atoms with E-state index < -0.39 is 0 Å². The molecule has 0 aromatic carbocycles. The average Bonchev–Trinajstić information content (AvgIpc) is 3.22. The molecule has 1 saturated heterocycles. The first-order valence-electron chi connectivity index (χ1n) is 8.49. The first kappa shape index (κ1) is 15.8. The van der Waals surface area contributed by atoms with E-state index in [0.717, 1.165) is 24.7 Å². The molecule has 2 aromatic rings. The van der Waals surface area contributed by atoms with Gasteiger partial charge in [-0.1, -0.05) is 6.92 Å². The molecule has 7 heteroatoms. The van der Waals surface area contributed by atoms with Crippen molar-refractivity contribution in [3.8, 4) is 0 Å². The van der Waals surface area contributed by atoms with E-state index in [2.05, 4.69) is 27.1 Å². The smallest absolute Gasteiger partial charge is 0.261 e. The molecule has 1 aliphatic heterocycles. The minimum absolute atomic E-state index is 0.0814. The van der Waals surface area contributed by atoms with Crippen LogP contribution in [0.2, 0.25) is 0 Å². The second-order valence-corrected chi connectivity index (χ2v) is 8.13. The van der Waals surface area contributed by atoms with Gasteiger partial charge in [0.25, 0.3) is 11.5 Å². The van der Waals surface area contributed by atoms with Crippen LogP contribution in [0.4, 0.5) is 0 Å². The van der Waals surface area contributed by atoms with Crippen molar-refractivity contribution in [1.29, 1.82) is 0 Å². The highest BCUT2D eigenvalue weighted by Crippen LogP contribution is 2.32.